The van der Waals surface area contributed by atoms with Crippen LogP contribution in [0.4, 0.5) is 13.2 Å². The van der Waals surface area contributed by atoms with Crippen molar-refractivity contribution in [3.63, 3.8) is 0 Å². The minimum absolute atomic E-state index is 0.281. The summed E-state index contributed by atoms with van der Waals surface area (Å²) < 4.78 is 39.4. The maximum atomic E-state index is 12.9. The minimum Gasteiger partial charge on any atom is -0.272 e. The van der Waals surface area contributed by atoms with Gasteiger partial charge in [-0.3, -0.25) is 9.36 Å². The quantitative estimate of drug-likeness (QED) is 0.592. The van der Waals surface area contributed by atoms with Gasteiger partial charge < -0.3 is 0 Å². The normalized spacial score (nSPS) is 12.2. The van der Waals surface area contributed by atoms with Crippen molar-refractivity contribution in [2.75, 3.05) is 0 Å². The maximum absolute atomic E-state index is 12.9. The number of carbonyl (C=O) groups is 1. The molecule has 0 amide bonds. The second kappa shape index (κ2) is 4.35. The minimum atomic E-state index is -4.91. The Kier molecular flexibility index (Phi) is 2.83. The molecule has 0 bridgehead atoms. The first-order valence-corrected chi connectivity index (χ1v) is 6.42. The molecule has 0 aliphatic rings. The van der Waals surface area contributed by atoms with Crippen LogP contribution in [-0.2, 0) is 0 Å². The maximum Gasteiger partial charge on any atom is 0.472 e. The fourth-order valence-corrected chi connectivity index (χ4v) is 2.59. The molecule has 0 aliphatic heterocycles. The smallest absolute Gasteiger partial charge is 0.272 e. The summed E-state index contributed by atoms with van der Waals surface area (Å²) in [7, 11) is 0. The summed E-state index contributed by atoms with van der Waals surface area (Å²) in [5, 5.41) is 1.31. The molecule has 0 radical (unpaired) electrons. The lowest BCUT2D eigenvalue weighted by atomic mass is 10.1. The number of halogens is 3. The largest absolute Gasteiger partial charge is 0.472 e. The molecule has 0 saturated carbocycles. The highest BCUT2D eigenvalue weighted by atomic mass is 19.4. The van der Waals surface area contributed by atoms with E-state index in [-0.39, 0.29) is 11.0 Å². The summed E-state index contributed by atoms with van der Waals surface area (Å²) >= 11 is 0. The van der Waals surface area contributed by atoms with Crippen molar-refractivity contribution in [2.24, 2.45) is 0 Å². The van der Waals surface area contributed by atoms with E-state index >= 15 is 0 Å². The molecule has 0 saturated heterocycles. The molecule has 1 heterocycles. The Bertz CT molecular complexity index is 874. The molecule has 3 rings (SSSR count). The van der Waals surface area contributed by atoms with Crippen LogP contribution in [0.15, 0.2) is 36.4 Å². The lowest BCUT2D eigenvalue weighted by molar-refractivity contribution is -0.0939. The van der Waals surface area contributed by atoms with Crippen LogP contribution < -0.4 is 0 Å². The van der Waals surface area contributed by atoms with Crippen molar-refractivity contribution in [1.82, 2.24) is 4.57 Å². The molecular formula is C16H12F3NO. The zero-order chi connectivity index (χ0) is 15.4. The van der Waals surface area contributed by atoms with Gasteiger partial charge in [0.05, 0.1) is 11.0 Å². The molecule has 0 aliphatic carbocycles. The van der Waals surface area contributed by atoms with E-state index in [1.165, 1.54) is 0 Å². The van der Waals surface area contributed by atoms with Crippen LogP contribution in [0.2, 0.25) is 0 Å². The molecule has 0 fully saturated rings. The number of aryl methyl sites for hydroxylation is 2. The number of aromatic nitrogens is 1. The van der Waals surface area contributed by atoms with Gasteiger partial charge in [0, 0.05) is 10.8 Å². The average molecular weight is 291 g/mol. The highest BCUT2D eigenvalue weighted by Crippen LogP contribution is 2.32. The first-order chi connectivity index (χ1) is 9.79. The number of alkyl halides is 3. The van der Waals surface area contributed by atoms with E-state index in [4.69, 9.17) is 0 Å². The highest BCUT2D eigenvalue weighted by molar-refractivity contribution is 6.14. The third-order valence-electron chi connectivity index (χ3n) is 3.52. The number of hydrogen-bond donors (Lipinski definition) is 0. The van der Waals surface area contributed by atoms with E-state index in [1.807, 2.05) is 13.0 Å². The number of carbonyl (C=O) groups excluding carboxylic acids is 1. The molecule has 0 N–H and O–H groups in total. The summed E-state index contributed by atoms with van der Waals surface area (Å²) in [6.07, 6.45) is -4.91. The molecule has 108 valence electrons. The predicted molar refractivity (Wildman–Crippen MR) is 75.6 cm³/mol. The van der Waals surface area contributed by atoms with Crippen LogP contribution in [0.3, 0.4) is 0 Å². The fourth-order valence-electron chi connectivity index (χ4n) is 2.59. The second-order valence-corrected chi connectivity index (χ2v) is 5.18. The zero-order valence-electron chi connectivity index (χ0n) is 11.5. The van der Waals surface area contributed by atoms with Crippen LogP contribution in [0.25, 0.3) is 21.8 Å². The first kappa shape index (κ1) is 13.7. The number of rotatable bonds is 0. The second-order valence-electron chi connectivity index (χ2n) is 5.18. The van der Waals surface area contributed by atoms with E-state index in [2.05, 4.69) is 0 Å². The Hall–Kier alpha value is -2.30. The Morgan fingerprint density at radius 1 is 0.905 bits per heavy atom. The van der Waals surface area contributed by atoms with E-state index in [0.717, 1.165) is 15.7 Å². The van der Waals surface area contributed by atoms with Crippen LogP contribution in [0.5, 0.6) is 0 Å². The van der Waals surface area contributed by atoms with Crippen LogP contribution in [-0.4, -0.2) is 16.7 Å². The lowest BCUT2D eigenvalue weighted by Gasteiger charge is -2.09. The SMILES string of the molecule is Cc1ccc2c(c1)c1ccc(C)cc1n2C(=O)C(F)(F)F. The third-order valence-corrected chi connectivity index (χ3v) is 3.52. The molecule has 5 heteroatoms. The summed E-state index contributed by atoms with van der Waals surface area (Å²) in [5.74, 6) is -1.86. The van der Waals surface area contributed by atoms with Crippen LogP contribution in [0.1, 0.15) is 15.9 Å². The van der Waals surface area contributed by atoms with Gasteiger partial charge in [0.2, 0.25) is 0 Å². The molecule has 0 atom stereocenters. The molecule has 1 aromatic heterocycles. The molecule has 0 unspecified atom stereocenters. The standard InChI is InChI=1S/C16H12F3NO/c1-9-4-6-13-12(7-9)11-5-3-10(2)8-14(11)20(13)15(21)16(17,18)19/h3-8H,1-2H3. The van der Waals surface area contributed by atoms with Gasteiger partial charge in [-0.2, -0.15) is 13.2 Å². The Morgan fingerprint density at radius 2 is 1.52 bits per heavy atom. The van der Waals surface area contributed by atoms with E-state index in [9.17, 15) is 18.0 Å². The van der Waals surface area contributed by atoms with Crippen molar-refractivity contribution in [2.45, 2.75) is 20.0 Å². The van der Waals surface area contributed by atoms with Gasteiger partial charge in [0.15, 0.2) is 0 Å². The van der Waals surface area contributed by atoms with E-state index in [1.54, 1.807) is 37.3 Å². The summed E-state index contributed by atoms with van der Waals surface area (Å²) in [5.41, 5.74) is 2.31. The van der Waals surface area contributed by atoms with Gasteiger partial charge in [0.1, 0.15) is 0 Å². The van der Waals surface area contributed by atoms with Crippen molar-refractivity contribution >= 4 is 27.7 Å². The number of benzene rings is 2. The monoisotopic (exact) mass is 291 g/mol. The Labute approximate surface area is 118 Å². The first-order valence-electron chi connectivity index (χ1n) is 6.42. The lowest BCUT2D eigenvalue weighted by Crippen LogP contribution is -2.28. The topological polar surface area (TPSA) is 22.0 Å². The van der Waals surface area contributed by atoms with E-state index in [0.29, 0.717) is 10.8 Å². The summed E-state index contributed by atoms with van der Waals surface area (Å²) in [4.78, 5) is 11.8. The number of hydrogen-bond acceptors (Lipinski definition) is 1. The highest BCUT2D eigenvalue weighted by Gasteiger charge is 2.41. The number of fused-ring (bicyclic) bond motifs is 3. The molecule has 21 heavy (non-hydrogen) atoms. The predicted octanol–water partition coefficient (Wildman–Crippen LogP) is 4.61. The van der Waals surface area contributed by atoms with Crippen LogP contribution >= 0.6 is 0 Å². The van der Waals surface area contributed by atoms with Gasteiger partial charge >= 0.3 is 12.1 Å². The summed E-state index contributed by atoms with van der Waals surface area (Å²) in [6, 6.07) is 10.2. The van der Waals surface area contributed by atoms with Gasteiger partial charge in [-0.05, 0) is 37.6 Å². The van der Waals surface area contributed by atoms with Crippen molar-refractivity contribution < 1.29 is 18.0 Å². The van der Waals surface area contributed by atoms with Gasteiger partial charge in [-0.25, -0.2) is 0 Å². The van der Waals surface area contributed by atoms with Crippen LogP contribution in [0, 0.1) is 13.8 Å². The van der Waals surface area contributed by atoms with Gasteiger partial charge in [-0.1, -0.05) is 23.8 Å². The summed E-state index contributed by atoms with van der Waals surface area (Å²) in [6.45, 7) is 3.65. The van der Waals surface area contributed by atoms with Gasteiger partial charge in [0.25, 0.3) is 0 Å². The molecule has 0 spiro atoms. The van der Waals surface area contributed by atoms with Crippen molar-refractivity contribution in [3.05, 3.63) is 47.5 Å². The third kappa shape index (κ3) is 2.09. The van der Waals surface area contributed by atoms with Crippen molar-refractivity contribution in [3.8, 4) is 0 Å². The van der Waals surface area contributed by atoms with Crippen molar-refractivity contribution in [1.29, 1.82) is 0 Å². The van der Waals surface area contributed by atoms with E-state index < -0.39 is 12.1 Å². The Balaban J connectivity index is 2.50. The number of nitrogens with zero attached hydrogens (tertiary/aromatic N) is 1. The molecular weight excluding hydrogens is 279 g/mol. The average Bonchev–Trinajstić information content (AvgIpc) is 2.69. The molecule has 2 aromatic carbocycles. The zero-order valence-corrected chi connectivity index (χ0v) is 11.5. The van der Waals surface area contributed by atoms with Gasteiger partial charge in [-0.15, -0.1) is 0 Å². The molecule has 3 aromatic rings. The fraction of sp³-hybridized carbons (Fsp3) is 0.188. The Morgan fingerprint density at radius 3 is 2.19 bits per heavy atom. The molecule has 2 nitrogen and oxygen atoms in total.